The lowest BCUT2D eigenvalue weighted by molar-refractivity contribution is 0.0693. The predicted molar refractivity (Wildman–Crippen MR) is 53.2 cm³/mol. The van der Waals surface area contributed by atoms with Crippen molar-refractivity contribution in [2.75, 3.05) is 5.33 Å². The van der Waals surface area contributed by atoms with Gasteiger partial charge in [-0.2, -0.15) is 0 Å². The third-order valence-corrected chi connectivity index (χ3v) is 2.18. The van der Waals surface area contributed by atoms with E-state index in [2.05, 4.69) is 15.9 Å². The molecule has 1 aromatic carbocycles. The summed E-state index contributed by atoms with van der Waals surface area (Å²) in [6.07, 6.45) is 0. The van der Waals surface area contributed by atoms with Crippen LogP contribution in [0, 0.1) is 0 Å². The molecule has 0 radical (unpaired) electrons. The highest BCUT2D eigenvalue weighted by Crippen LogP contribution is 2.18. The SMILES string of the molecule is O=C(CBr)c1ccc(O)c(C(=O)O)c1. The van der Waals surface area contributed by atoms with Crippen molar-refractivity contribution in [2.45, 2.75) is 0 Å². The van der Waals surface area contributed by atoms with Crippen LogP contribution in [0.3, 0.4) is 0 Å². The summed E-state index contributed by atoms with van der Waals surface area (Å²) in [5.41, 5.74) is -0.00567. The van der Waals surface area contributed by atoms with Crippen LogP contribution < -0.4 is 0 Å². The molecule has 14 heavy (non-hydrogen) atoms. The van der Waals surface area contributed by atoms with Crippen molar-refractivity contribution in [3.05, 3.63) is 29.3 Å². The maximum Gasteiger partial charge on any atom is 0.339 e. The van der Waals surface area contributed by atoms with Crippen LogP contribution in [0.5, 0.6) is 5.75 Å². The van der Waals surface area contributed by atoms with Crippen LogP contribution in [0.2, 0.25) is 0 Å². The number of Topliss-reactive ketones (excluding diaryl/α,β-unsaturated/α-hetero) is 1. The van der Waals surface area contributed by atoms with Gasteiger partial charge in [-0.3, -0.25) is 4.79 Å². The van der Waals surface area contributed by atoms with Crippen molar-refractivity contribution in [3.8, 4) is 5.75 Å². The van der Waals surface area contributed by atoms with Gasteiger partial charge in [0.1, 0.15) is 11.3 Å². The smallest absolute Gasteiger partial charge is 0.339 e. The Labute approximate surface area is 88.3 Å². The zero-order chi connectivity index (χ0) is 10.7. The Balaban J connectivity index is 3.19. The standard InChI is InChI=1S/C9H7BrO4/c10-4-8(12)5-1-2-7(11)6(3-5)9(13)14/h1-3,11H,4H2,(H,13,14). The number of halogens is 1. The molecule has 0 aliphatic heterocycles. The summed E-state index contributed by atoms with van der Waals surface area (Å²) in [4.78, 5) is 21.8. The fraction of sp³-hybridized carbons (Fsp3) is 0.111. The van der Waals surface area contributed by atoms with E-state index in [1.54, 1.807) is 0 Å². The van der Waals surface area contributed by atoms with Gasteiger partial charge in [0.2, 0.25) is 0 Å². The molecule has 0 unspecified atom stereocenters. The third kappa shape index (κ3) is 2.11. The second-order valence-corrected chi connectivity index (χ2v) is 3.15. The normalized spacial score (nSPS) is 9.79. The van der Waals surface area contributed by atoms with Gasteiger partial charge in [-0.1, -0.05) is 15.9 Å². The van der Waals surface area contributed by atoms with Crippen LogP contribution in [0.15, 0.2) is 18.2 Å². The van der Waals surface area contributed by atoms with E-state index >= 15 is 0 Å². The summed E-state index contributed by atoms with van der Waals surface area (Å²) >= 11 is 2.97. The molecule has 0 atom stereocenters. The molecule has 0 saturated heterocycles. The summed E-state index contributed by atoms with van der Waals surface area (Å²) in [7, 11) is 0. The van der Waals surface area contributed by atoms with E-state index in [9.17, 15) is 9.59 Å². The van der Waals surface area contributed by atoms with Crippen LogP contribution in [-0.2, 0) is 0 Å². The van der Waals surface area contributed by atoms with E-state index in [1.165, 1.54) is 12.1 Å². The molecule has 0 aromatic heterocycles. The molecule has 0 spiro atoms. The lowest BCUT2D eigenvalue weighted by atomic mass is 10.1. The summed E-state index contributed by atoms with van der Waals surface area (Å²) in [5, 5.41) is 17.9. The Morgan fingerprint density at radius 1 is 1.36 bits per heavy atom. The minimum absolute atomic E-state index is 0.122. The van der Waals surface area contributed by atoms with E-state index in [1.807, 2.05) is 0 Å². The first-order chi connectivity index (χ1) is 6.56. The van der Waals surface area contributed by atoms with Gasteiger partial charge in [0.25, 0.3) is 0 Å². The maximum atomic E-state index is 11.2. The van der Waals surface area contributed by atoms with Crippen molar-refractivity contribution in [1.29, 1.82) is 0 Å². The van der Waals surface area contributed by atoms with Gasteiger partial charge >= 0.3 is 5.97 Å². The van der Waals surface area contributed by atoms with Crippen molar-refractivity contribution in [2.24, 2.45) is 0 Å². The number of hydrogen-bond donors (Lipinski definition) is 2. The lowest BCUT2D eigenvalue weighted by Crippen LogP contribution is -2.03. The summed E-state index contributed by atoms with van der Waals surface area (Å²) < 4.78 is 0. The molecule has 0 amide bonds. The second kappa shape index (κ2) is 4.23. The van der Waals surface area contributed by atoms with Gasteiger partial charge in [0.15, 0.2) is 5.78 Å². The zero-order valence-electron chi connectivity index (χ0n) is 7.03. The number of carbonyl (C=O) groups excluding carboxylic acids is 1. The Hall–Kier alpha value is -1.36. The summed E-state index contributed by atoms with van der Waals surface area (Å²) in [5.74, 6) is -1.83. The molecule has 1 aromatic rings. The third-order valence-electron chi connectivity index (χ3n) is 1.67. The average Bonchev–Trinajstić information content (AvgIpc) is 2.17. The minimum Gasteiger partial charge on any atom is -0.507 e. The molecule has 0 aliphatic carbocycles. The van der Waals surface area contributed by atoms with Crippen molar-refractivity contribution < 1.29 is 19.8 Å². The van der Waals surface area contributed by atoms with E-state index in [4.69, 9.17) is 10.2 Å². The van der Waals surface area contributed by atoms with Crippen molar-refractivity contribution in [1.82, 2.24) is 0 Å². The molecule has 0 aliphatic rings. The predicted octanol–water partition coefficient (Wildman–Crippen LogP) is 1.67. The molecule has 1 rings (SSSR count). The highest BCUT2D eigenvalue weighted by atomic mass is 79.9. The fourth-order valence-electron chi connectivity index (χ4n) is 0.958. The first kappa shape index (κ1) is 10.7. The monoisotopic (exact) mass is 258 g/mol. The number of carboxylic acids is 1. The van der Waals surface area contributed by atoms with Crippen LogP contribution in [0.1, 0.15) is 20.7 Å². The molecule has 5 heteroatoms. The number of aromatic hydroxyl groups is 1. The first-order valence-corrected chi connectivity index (χ1v) is 4.84. The summed E-state index contributed by atoms with van der Waals surface area (Å²) in [6, 6.07) is 3.73. The number of phenols is 1. The average molecular weight is 259 g/mol. The first-order valence-electron chi connectivity index (χ1n) is 3.71. The number of benzene rings is 1. The topological polar surface area (TPSA) is 74.6 Å². The Morgan fingerprint density at radius 2 is 2.00 bits per heavy atom. The molecule has 0 bridgehead atoms. The number of hydrogen-bond acceptors (Lipinski definition) is 3. The van der Waals surface area contributed by atoms with Crippen LogP contribution in [0.4, 0.5) is 0 Å². The molecule has 74 valence electrons. The van der Waals surface area contributed by atoms with Gasteiger partial charge < -0.3 is 10.2 Å². The Kier molecular flexibility index (Phi) is 3.24. The number of alkyl halides is 1. The van der Waals surface area contributed by atoms with Crippen molar-refractivity contribution in [3.63, 3.8) is 0 Å². The quantitative estimate of drug-likeness (QED) is 0.639. The zero-order valence-corrected chi connectivity index (χ0v) is 8.61. The molecular weight excluding hydrogens is 252 g/mol. The highest BCUT2D eigenvalue weighted by Gasteiger charge is 2.12. The van der Waals surface area contributed by atoms with E-state index < -0.39 is 5.97 Å². The largest absolute Gasteiger partial charge is 0.507 e. The molecule has 2 N–H and O–H groups in total. The lowest BCUT2D eigenvalue weighted by Gasteiger charge is -2.01. The molecule has 4 nitrogen and oxygen atoms in total. The second-order valence-electron chi connectivity index (χ2n) is 2.59. The van der Waals surface area contributed by atoms with Crippen molar-refractivity contribution >= 4 is 27.7 Å². The fourth-order valence-corrected chi connectivity index (χ4v) is 1.28. The van der Waals surface area contributed by atoms with Gasteiger partial charge in [-0.25, -0.2) is 4.79 Å². The Morgan fingerprint density at radius 3 is 2.50 bits per heavy atom. The molecular formula is C9H7BrO4. The minimum atomic E-state index is -1.26. The number of carbonyl (C=O) groups is 2. The van der Waals surface area contributed by atoms with Crippen LogP contribution in [-0.4, -0.2) is 27.3 Å². The molecule has 0 heterocycles. The van der Waals surface area contributed by atoms with E-state index in [-0.39, 0.29) is 28.0 Å². The van der Waals surface area contributed by atoms with Crippen LogP contribution >= 0.6 is 15.9 Å². The van der Waals surface area contributed by atoms with E-state index in [0.717, 1.165) is 6.07 Å². The molecule has 0 fully saturated rings. The van der Waals surface area contributed by atoms with Crippen LogP contribution in [0.25, 0.3) is 0 Å². The van der Waals surface area contributed by atoms with Gasteiger partial charge in [-0.05, 0) is 18.2 Å². The summed E-state index contributed by atoms with van der Waals surface area (Å²) in [6.45, 7) is 0. The Bertz CT molecular complexity index is 386. The van der Waals surface area contributed by atoms with Gasteiger partial charge in [0, 0.05) is 5.56 Å². The number of rotatable bonds is 3. The van der Waals surface area contributed by atoms with Gasteiger partial charge in [-0.15, -0.1) is 0 Å². The highest BCUT2D eigenvalue weighted by molar-refractivity contribution is 9.09. The number of aromatic carboxylic acids is 1. The maximum absolute atomic E-state index is 11.2. The number of carboxylic acid groups (broad SMARTS) is 1. The van der Waals surface area contributed by atoms with E-state index in [0.29, 0.717) is 0 Å². The number of ketones is 1. The molecule has 0 saturated carbocycles. The van der Waals surface area contributed by atoms with Gasteiger partial charge in [0.05, 0.1) is 5.33 Å².